The largest absolute Gasteiger partial charge is 0.508 e. The van der Waals surface area contributed by atoms with Crippen molar-refractivity contribution in [3.05, 3.63) is 0 Å². The van der Waals surface area contributed by atoms with Crippen molar-refractivity contribution >= 4 is 18.2 Å². The topological polar surface area (TPSA) is 91.4 Å². The molecule has 0 atom stereocenters. The number of likely N-dealkylation sites (tertiary alicyclic amines) is 1. The van der Waals surface area contributed by atoms with E-state index in [-0.39, 0.29) is 18.8 Å². The van der Waals surface area contributed by atoms with Crippen molar-refractivity contribution in [2.75, 3.05) is 26.3 Å². The lowest BCUT2D eigenvalue weighted by Gasteiger charge is -2.33. The third kappa shape index (κ3) is 7.71. The van der Waals surface area contributed by atoms with Crippen molar-refractivity contribution in [3.8, 4) is 0 Å². The molecule has 1 aliphatic rings. The highest BCUT2D eigenvalue weighted by molar-refractivity contribution is 5.74. The Balaban J connectivity index is 2.27. The van der Waals surface area contributed by atoms with Crippen LogP contribution in [0.25, 0.3) is 0 Å². The maximum Gasteiger partial charge on any atom is 0.508 e. The number of esters is 1. The molecule has 1 amide bonds. The van der Waals surface area contributed by atoms with Crippen molar-refractivity contribution in [3.63, 3.8) is 0 Å². The highest BCUT2D eigenvalue weighted by Crippen LogP contribution is 2.17. The third-order valence-electron chi connectivity index (χ3n) is 2.96. The molecule has 0 N–H and O–H groups in total. The Morgan fingerprint density at radius 3 is 2.22 bits per heavy atom. The van der Waals surface area contributed by atoms with Crippen LogP contribution in [0.4, 0.5) is 9.59 Å². The van der Waals surface area contributed by atoms with E-state index < -0.39 is 24.3 Å². The zero-order valence-corrected chi connectivity index (χ0v) is 14.1. The van der Waals surface area contributed by atoms with Crippen LogP contribution >= 0.6 is 0 Å². The SMILES string of the molecule is CCOC(=O)OCC(=O)OC1CCN(C(=O)OC(C)(C)C)CC1. The molecule has 23 heavy (non-hydrogen) atoms. The molecule has 0 aromatic rings. The fourth-order valence-electron chi connectivity index (χ4n) is 1.98. The van der Waals surface area contributed by atoms with E-state index in [1.807, 2.05) is 20.8 Å². The second-order valence-electron chi connectivity index (χ2n) is 6.13. The zero-order chi connectivity index (χ0) is 17.5. The number of ether oxygens (including phenoxy) is 4. The van der Waals surface area contributed by atoms with Gasteiger partial charge in [0.05, 0.1) is 6.61 Å². The van der Waals surface area contributed by atoms with E-state index in [9.17, 15) is 14.4 Å². The molecule has 1 aliphatic heterocycles. The molecule has 1 rings (SSSR count). The van der Waals surface area contributed by atoms with Crippen molar-refractivity contribution in [2.24, 2.45) is 0 Å². The van der Waals surface area contributed by atoms with Gasteiger partial charge in [0.1, 0.15) is 11.7 Å². The standard InChI is InChI=1S/C15H25NO7/c1-5-20-14(19)21-10-12(17)22-11-6-8-16(9-7-11)13(18)23-15(2,3)4/h11H,5-10H2,1-4H3. The molecule has 8 nitrogen and oxygen atoms in total. The van der Waals surface area contributed by atoms with Gasteiger partial charge < -0.3 is 23.8 Å². The number of carbonyl (C=O) groups is 3. The first kappa shape index (κ1) is 19.1. The zero-order valence-electron chi connectivity index (χ0n) is 14.1. The molecular formula is C15H25NO7. The molecule has 1 heterocycles. The average molecular weight is 331 g/mol. The first-order valence-corrected chi connectivity index (χ1v) is 7.68. The molecular weight excluding hydrogens is 306 g/mol. The van der Waals surface area contributed by atoms with E-state index in [1.54, 1.807) is 11.8 Å². The van der Waals surface area contributed by atoms with Crippen LogP contribution in [0, 0.1) is 0 Å². The lowest BCUT2D eigenvalue weighted by molar-refractivity contribution is -0.155. The summed E-state index contributed by atoms with van der Waals surface area (Å²) >= 11 is 0. The quantitative estimate of drug-likeness (QED) is 0.575. The van der Waals surface area contributed by atoms with E-state index in [1.165, 1.54) is 0 Å². The Hall–Kier alpha value is -1.99. The van der Waals surface area contributed by atoms with Crippen molar-refractivity contribution in [1.29, 1.82) is 0 Å². The van der Waals surface area contributed by atoms with Crippen LogP contribution in [0.15, 0.2) is 0 Å². The molecule has 8 heteroatoms. The third-order valence-corrected chi connectivity index (χ3v) is 2.96. The first-order valence-electron chi connectivity index (χ1n) is 7.68. The summed E-state index contributed by atoms with van der Waals surface area (Å²) in [6.07, 6.45) is -0.529. The molecule has 1 saturated heterocycles. The summed E-state index contributed by atoms with van der Waals surface area (Å²) in [7, 11) is 0. The molecule has 0 aromatic heterocycles. The highest BCUT2D eigenvalue weighted by atomic mass is 16.7. The van der Waals surface area contributed by atoms with Gasteiger partial charge in [0, 0.05) is 25.9 Å². The number of rotatable bonds is 4. The van der Waals surface area contributed by atoms with Gasteiger partial charge in [-0.3, -0.25) is 0 Å². The van der Waals surface area contributed by atoms with E-state index in [2.05, 4.69) is 9.47 Å². The van der Waals surface area contributed by atoms with Crippen LogP contribution in [-0.2, 0) is 23.7 Å². The Bertz CT molecular complexity index is 422. The lowest BCUT2D eigenvalue weighted by atomic mass is 10.1. The Morgan fingerprint density at radius 2 is 1.70 bits per heavy atom. The minimum Gasteiger partial charge on any atom is -0.460 e. The highest BCUT2D eigenvalue weighted by Gasteiger charge is 2.28. The molecule has 0 bridgehead atoms. The minimum atomic E-state index is -0.899. The van der Waals surface area contributed by atoms with Gasteiger partial charge in [-0.15, -0.1) is 0 Å². The fourth-order valence-corrected chi connectivity index (χ4v) is 1.98. The van der Waals surface area contributed by atoms with Gasteiger partial charge in [0.2, 0.25) is 0 Å². The van der Waals surface area contributed by atoms with Crippen LogP contribution in [0.3, 0.4) is 0 Å². The van der Waals surface area contributed by atoms with Crippen LogP contribution < -0.4 is 0 Å². The van der Waals surface area contributed by atoms with Gasteiger partial charge in [-0.1, -0.05) is 0 Å². The second-order valence-corrected chi connectivity index (χ2v) is 6.13. The Labute approximate surface area is 136 Å². The fraction of sp³-hybridized carbons (Fsp3) is 0.800. The molecule has 1 fully saturated rings. The molecule has 0 spiro atoms. The van der Waals surface area contributed by atoms with Gasteiger partial charge in [0.15, 0.2) is 6.61 Å². The van der Waals surface area contributed by atoms with Gasteiger partial charge in [0.25, 0.3) is 0 Å². The summed E-state index contributed by atoms with van der Waals surface area (Å²) in [5.41, 5.74) is -0.537. The van der Waals surface area contributed by atoms with Crippen LogP contribution in [-0.4, -0.2) is 61.1 Å². The van der Waals surface area contributed by atoms with E-state index in [0.717, 1.165) is 0 Å². The monoisotopic (exact) mass is 331 g/mol. The van der Waals surface area contributed by atoms with E-state index in [4.69, 9.17) is 9.47 Å². The van der Waals surface area contributed by atoms with Crippen molar-refractivity contribution in [2.45, 2.75) is 52.2 Å². The number of hydrogen-bond acceptors (Lipinski definition) is 7. The molecule has 0 radical (unpaired) electrons. The van der Waals surface area contributed by atoms with Gasteiger partial charge in [-0.05, 0) is 27.7 Å². The van der Waals surface area contributed by atoms with Crippen LogP contribution in [0.1, 0.15) is 40.5 Å². The maximum atomic E-state index is 11.9. The van der Waals surface area contributed by atoms with E-state index in [0.29, 0.717) is 25.9 Å². The predicted molar refractivity (Wildman–Crippen MR) is 79.9 cm³/mol. The van der Waals surface area contributed by atoms with Crippen molar-refractivity contribution < 1.29 is 33.3 Å². The number of hydrogen-bond donors (Lipinski definition) is 0. The number of carbonyl (C=O) groups excluding carboxylic acids is 3. The summed E-state index contributed by atoms with van der Waals surface area (Å²) < 4.78 is 19.6. The lowest BCUT2D eigenvalue weighted by Crippen LogP contribution is -2.44. The van der Waals surface area contributed by atoms with E-state index >= 15 is 0 Å². The predicted octanol–water partition coefficient (Wildman–Crippen LogP) is 2.10. The number of nitrogens with zero attached hydrogens (tertiary/aromatic N) is 1. The van der Waals surface area contributed by atoms with Crippen LogP contribution in [0.2, 0.25) is 0 Å². The van der Waals surface area contributed by atoms with Gasteiger partial charge in [-0.2, -0.15) is 0 Å². The van der Waals surface area contributed by atoms with Crippen LogP contribution in [0.5, 0.6) is 0 Å². The molecule has 0 unspecified atom stereocenters. The first-order chi connectivity index (χ1) is 10.7. The molecule has 0 aliphatic carbocycles. The minimum absolute atomic E-state index is 0.178. The smallest absolute Gasteiger partial charge is 0.460 e. The Morgan fingerprint density at radius 1 is 1.09 bits per heavy atom. The number of amides is 1. The number of piperidine rings is 1. The summed E-state index contributed by atoms with van der Waals surface area (Å²) in [6, 6.07) is 0. The van der Waals surface area contributed by atoms with Gasteiger partial charge in [-0.25, -0.2) is 14.4 Å². The van der Waals surface area contributed by atoms with Gasteiger partial charge >= 0.3 is 18.2 Å². The average Bonchev–Trinajstić information content (AvgIpc) is 2.44. The van der Waals surface area contributed by atoms with Crippen molar-refractivity contribution in [1.82, 2.24) is 4.90 Å². The normalized spacial score (nSPS) is 15.7. The second kappa shape index (κ2) is 8.59. The molecule has 0 aromatic carbocycles. The summed E-state index contributed by atoms with van der Waals surface area (Å²) in [6.45, 7) is 7.66. The molecule has 132 valence electrons. The molecule has 0 saturated carbocycles. The summed E-state index contributed by atoms with van der Waals surface area (Å²) in [5.74, 6) is -0.631. The summed E-state index contributed by atoms with van der Waals surface area (Å²) in [5, 5.41) is 0. The maximum absolute atomic E-state index is 11.9. The summed E-state index contributed by atoms with van der Waals surface area (Å²) in [4.78, 5) is 36.0. The Kier molecular flexibility index (Phi) is 7.12.